The Morgan fingerprint density at radius 1 is 1.20 bits per heavy atom. The molecule has 2 aromatic heterocycles. The van der Waals surface area contributed by atoms with E-state index in [1.807, 2.05) is 49.7 Å². The molecule has 4 heterocycles. The van der Waals surface area contributed by atoms with Gasteiger partial charge in [-0.05, 0) is 45.7 Å². The molecule has 2 atom stereocenters. The smallest absolute Gasteiger partial charge is 0.211 e. The molecule has 0 amide bonds. The Bertz CT molecular complexity index is 1250. The maximum Gasteiger partial charge on any atom is 0.211 e. The van der Waals surface area contributed by atoms with Gasteiger partial charge in [0.2, 0.25) is 5.95 Å². The van der Waals surface area contributed by atoms with Crippen LogP contribution in [-0.4, -0.2) is 55.7 Å². The molecule has 3 aromatic rings. The summed E-state index contributed by atoms with van der Waals surface area (Å²) in [7, 11) is -1.12. The Hall–Kier alpha value is -1.36. The molecule has 0 aliphatic carbocycles. The summed E-state index contributed by atoms with van der Waals surface area (Å²) in [6.07, 6.45) is 7.49. The first-order valence-electron chi connectivity index (χ1n) is 11.6. The Morgan fingerprint density at radius 2 is 1.97 bits per heavy atom. The van der Waals surface area contributed by atoms with Crippen molar-refractivity contribution >= 4 is 57.5 Å². The fraction of sp³-hybridized carbons (Fsp3) is 0.500. The fourth-order valence-electron chi connectivity index (χ4n) is 4.64. The van der Waals surface area contributed by atoms with E-state index in [1.54, 1.807) is 12.3 Å². The fourth-order valence-corrected chi connectivity index (χ4v) is 6.97. The number of ether oxygens (including phenoxy) is 1. The van der Waals surface area contributed by atoms with Gasteiger partial charge in [0.15, 0.2) is 5.65 Å². The van der Waals surface area contributed by atoms with E-state index in [4.69, 9.17) is 32.9 Å². The van der Waals surface area contributed by atoms with Crippen LogP contribution in [0.4, 0.5) is 5.95 Å². The zero-order chi connectivity index (χ0) is 24.8. The molecule has 35 heavy (non-hydrogen) atoms. The van der Waals surface area contributed by atoms with Crippen molar-refractivity contribution in [2.24, 2.45) is 5.41 Å². The van der Waals surface area contributed by atoms with Crippen LogP contribution in [0, 0.1) is 5.41 Å². The summed E-state index contributed by atoms with van der Waals surface area (Å²) in [5.74, 6) is 0.871. The highest BCUT2D eigenvalue weighted by molar-refractivity contribution is 7.99. The lowest BCUT2D eigenvalue weighted by Crippen LogP contribution is -2.53. The average molecular weight is 555 g/mol. The topological polar surface area (TPSA) is 71.8 Å². The molecule has 0 saturated carbocycles. The van der Waals surface area contributed by atoms with Crippen molar-refractivity contribution in [2.75, 3.05) is 31.2 Å². The summed E-state index contributed by atoms with van der Waals surface area (Å²) in [4.78, 5) is 13.5. The number of halogens is 2. The Kier molecular flexibility index (Phi) is 7.11. The molecule has 7 nitrogen and oxygen atoms in total. The van der Waals surface area contributed by atoms with E-state index in [1.165, 1.54) is 11.8 Å². The molecule has 1 spiro atoms. The number of rotatable bonds is 5. The highest BCUT2D eigenvalue weighted by Gasteiger charge is 2.47. The molecule has 2 aliphatic rings. The molecule has 11 heteroatoms. The highest BCUT2D eigenvalue weighted by atomic mass is 35.5. The Balaban J connectivity index is 1.34. The minimum atomic E-state index is -1.12. The van der Waals surface area contributed by atoms with Crippen LogP contribution in [0.3, 0.4) is 0 Å². The monoisotopic (exact) mass is 553 g/mol. The molecule has 2 aliphatic heterocycles. The summed E-state index contributed by atoms with van der Waals surface area (Å²) in [6.45, 7) is 8.96. The quantitative estimate of drug-likeness (QED) is 0.466. The van der Waals surface area contributed by atoms with Crippen LogP contribution in [0.5, 0.6) is 0 Å². The van der Waals surface area contributed by atoms with E-state index in [9.17, 15) is 4.21 Å². The van der Waals surface area contributed by atoms with Crippen molar-refractivity contribution in [3.63, 3.8) is 0 Å². The number of imidazole rings is 1. The molecular formula is C24H29Cl2N5O2S2. The number of anilines is 1. The molecule has 1 N–H and O–H groups in total. The van der Waals surface area contributed by atoms with Crippen molar-refractivity contribution in [2.45, 2.75) is 54.2 Å². The average Bonchev–Trinajstić information content (AvgIpc) is 3.45. The molecule has 2 fully saturated rings. The highest BCUT2D eigenvalue weighted by Crippen LogP contribution is 2.42. The zero-order valence-electron chi connectivity index (χ0n) is 20.0. The first-order chi connectivity index (χ1) is 16.7. The number of benzene rings is 1. The Labute approximate surface area is 222 Å². The minimum absolute atomic E-state index is 0.00934. The van der Waals surface area contributed by atoms with E-state index < -0.39 is 11.0 Å². The van der Waals surface area contributed by atoms with E-state index in [0.29, 0.717) is 23.3 Å². The second-order valence-electron chi connectivity index (χ2n) is 10.1. The van der Waals surface area contributed by atoms with Crippen molar-refractivity contribution in [3.8, 4) is 0 Å². The third-order valence-corrected chi connectivity index (χ3v) is 10.4. The van der Waals surface area contributed by atoms with Crippen LogP contribution in [-0.2, 0) is 15.7 Å². The minimum Gasteiger partial charge on any atom is -0.379 e. The van der Waals surface area contributed by atoms with Crippen LogP contribution in [0.15, 0.2) is 46.6 Å². The van der Waals surface area contributed by atoms with Gasteiger partial charge in [-0.15, -0.1) is 0 Å². The van der Waals surface area contributed by atoms with Gasteiger partial charge in [-0.1, -0.05) is 41.0 Å². The summed E-state index contributed by atoms with van der Waals surface area (Å²) in [5, 5.41) is 1.06. The van der Waals surface area contributed by atoms with Crippen LogP contribution in [0.2, 0.25) is 10.0 Å². The zero-order valence-corrected chi connectivity index (χ0v) is 23.1. The van der Waals surface area contributed by atoms with Gasteiger partial charge in [0.25, 0.3) is 0 Å². The van der Waals surface area contributed by atoms with Crippen LogP contribution < -0.4 is 9.62 Å². The lowest BCUT2D eigenvalue weighted by atomic mass is 9.75. The second-order valence-corrected chi connectivity index (χ2v) is 14.0. The predicted octanol–water partition coefficient (Wildman–Crippen LogP) is 5.22. The summed E-state index contributed by atoms with van der Waals surface area (Å²) < 4.78 is 23.7. The number of nitrogens with zero attached hydrogens (tertiary/aromatic N) is 4. The Morgan fingerprint density at radius 3 is 2.71 bits per heavy atom. The maximum atomic E-state index is 12.7. The van der Waals surface area contributed by atoms with Gasteiger partial charge in [-0.25, -0.2) is 18.9 Å². The van der Waals surface area contributed by atoms with E-state index in [0.717, 1.165) is 47.3 Å². The van der Waals surface area contributed by atoms with Crippen molar-refractivity contribution in [1.82, 2.24) is 19.1 Å². The van der Waals surface area contributed by atoms with Crippen molar-refractivity contribution in [1.29, 1.82) is 0 Å². The SMILES string of the molecule is CC(C)(C)S(=O)N[C@@H]1COCC12CCN(c1ncc(Sc3cccc(Cl)c3Cl)c3nccn13)CC2. The van der Waals surface area contributed by atoms with E-state index in [-0.39, 0.29) is 16.2 Å². The first-order valence-corrected chi connectivity index (χ1v) is 14.3. The third kappa shape index (κ3) is 4.95. The number of hydrogen-bond donors (Lipinski definition) is 1. The molecule has 1 aromatic carbocycles. The van der Waals surface area contributed by atoms with E-state index >= 15 is 0 Å². The summed E-state index contributed by atoms with van der Waals surface area (Å²) >= 11 is 14.1. The number of fused-ring (bicyclic) bond motifs is 1. The second kappa shape index (κ2) is 9.84. The maximum absolute atomic E-state index is 12.7. The molecular weight excluding hydrogens is 525 g/mol. The van der Waals surface area contributed by atoms with Crippen molar-refractivity contribution < 1.29 is 8.95 Å². The summed E-state index contributed by atoms with van der Waals surface area (Å²) in [5.41, 5.74) is 0.825. The van der Waals surface area contributed by atoms with Crippen LogP contribution in [0.25, 0.3) is 5.65 Å². The third-order valence-electron chi connectivity index (χ3n) is 6.77. The van der Waals surface area contributed by atoms with Crippen LogP contribution in [0.1, 0.15) is 33.6 Å². The standard InChI is InChI=1S/C24H29Cl2N5O2S2/c1-23(2,3)35(32)29-19-14-33-15-24(19)7-10-30(11-8-24)22-28-13-18(21-27-9-12-31(21)22)34-17-6-4-5-16(25)20(17)26/h4-6,9,12-13,19,29H,7-8,10-11,14-15H2,1-3H3/t19-,35?/m1/s1. The molecule has 1 unspecified atom stereocenters. The van der Waals surface area contributed by atoms with Crippen molar-refractivity contribution in [3.05, 3.63) is 46.8 Å². The lowest BCUT2D eigenvalue weighted by molar-refractivity contribution is 0.130. The van der Waals surface area contributed by atoms with Gasteiger partial charge in [0.05, 0.1) is 49.9 Å². The molecule has 5 rings (SSSR count). The number of nitrogens with one attached hydrogen (secondary N) is 1. The van der Waals surface area contributed by atoms with Gasteiger partial charge in [-0.2, -0.15) is 0 Å². The lowest BCUT2D eigenvalue weighted by Gasteiger charge is -2.42. The van der Waals surface area contributed by atoms with Gasteiger partial charge in [0.1, 0.15) is 0 Å². The van der Waals surface area contributed by atoms with Gasteiger partial charge in [0, 0.05) is 42.0 Å². The molecule has 2 saturated heterocycles. The molecule has 0 bridgehead atoms. The number of aromatic nitrogens is 3. The molecule has 188 valence electrons. The van der Waals surface area contributed by atoms with Gasteiger partial charge < -0.3 is 9.64 Å². The number of hydrogen-bond acceptors (Lipinski definition) is 6. The van der Waals surface area contributed by atoms with Gasteiger partial charge in [-0.3, -0.25) is 4.40 Å². The summed E-state index contributed by atoms with van der Waals surface area (Å²) in [6, 6.07) is 5.69. The largest absolute Gasteiger partial charge is 0.379 e. The predicted molar refractivity (Wildman–Crippen MR) is 143 cm³/mol. The van der Waals surface area contributed by atoms with Crippen LogP contribution >= 0.6 is 35.0 Å². The number of piperidine rings is 1. The normalized spacial score (nSPS) is 21.2. The first kappa shape index (κ1) is 25.3. The van der Waals surface area contributed by atoms with E-state index in [2.05, 4.69) is 14.6 Å². The van der Waals surface area contributed by atoms with Gasteiger partial charge >= 0.3 is 0 Å². The molecule has 0 radical (unpaired) electrons.